The molecular formula is C31H26ClN3O2. The molecule has 3 aromatic carbocycles. The molecule has 0 bridgehead atoms. The van der Waals surface area contributed by atoms with Gasteiger partial charge in [-0.05, 0) is 66.4 Å². The Kier molecular flexibility index (Phi) is 6.15. The Bertz CT molecular complexity index is 1470. The molecule has 1 atom stereocenters. The first kappa shape index (κ1) is 23.3. The van der Waals surface area contributed by atoms with E-state index in [0.29, 0.717) is 5.02 Å². The topological polar surface area (TPSA) is 45.6 Å². The van der Waals surface area contributed by atoms with Gasteiger partial charge >= 0.3 is 0 Å². The maximum absolute atomic E-state index is 14.1. The van der Waals surface area contributed by atoms with Gasteiger partial charge in [-0.3, -0.25) is 14.5 Å². The van der Waals surface area contributed by atoms with Crippen LogP contribution in [0.15, 0.2) is 103 Å². The van der Waals surface area contributed by atoms with Gasteiger partial charge in [0.2, 0.25) is 11.8 Å². The van der Waals surface area contributed by atoms with E-state index in [1.807, 2.05) is 108 Å². The summed E-state index contributed by atoms with van der Waals surface area (Å²) in [5.41, 5.74) is 4.66. The standard InChI is InChI=1S/C31H26ClN3O2/c32-24-15-13-23(14-16-24)31-28-11-6-20-33(28)26-9-4-5-10-27(26)35(31)30(37)21-34(25-17-18-25)29(36)19-12-22-7-2-1-3-8-22/h1-16,19-20,25,31H,17-18,21H2. The highest BCUT2D eigenvalue weighted by atomic mass is 35.5. The first-order valence-electron chi connectivity index (χ1n) is 12.5. The van der Waals surface area contributed by atoms with Crippen molar-refractivity contribution in [2.24, 2.45) is 0 Å². The van der Waals surface area contributed by atoms with E-state index < -0.39 is 0 Å². The molecule has 0 N–H and O–H groups in total. The second-order valence-corrected chi connectivity index (χ2v) is 9.89. The quantitative estimate of drug-likeness (QED) is 0.289. The highest BCUT2D eigenvalue weighted by Crippen LogP contribution is 2.42. The van der Waals surface area contributed by atoms with E-state index in [4.69, 9.17) is 11.6 Å². The van der Waals surface area contributed by atoms with E-state index >= 15 is 0 Å². The number of carbonyl (C=O) groups excluding carboxylic acids is 2. The summed E-state index contributed by atoms with van der Waals surface area (Å²) in [6.07, 6.45) is 7.23. The number of hydrogen-bond donors (Lipinski definition) is 0. The maximum Gasteiger partial charge on any atom is 0.247 e. The summed E-state index contributed by atoms with van der Waals surface area (Å²) in [5.74, 6) is -0.260. The second kappa shape index (κ2) is 9.75. The minimum Gasteiger partial charge on any atom is -0.327 e. The van der Waals surface area contributed by atoms with Crippen molar-refractivity contribution in [3.8, 4) is 5.69 Å². The minimum atomic E-state index is -0.342. The van der Waals surface area contributed by atoms with Gasteiger partial charge in [-0.2, -0.15) is 0 Å². The predicted molar refractivity (Wildman–Crippen MR) is 147 cm³/mol. The van der Waals surface area contributed by atoms with Crippen LogP contribution in [-0.2, 0) is 9.59 Å². The normalized spacial score (nSPS) is 16.4. The monoisotopic (exact) mass is 507 g/mol. The fourth-order valence-corrected chi connectivity index (χ4v) is 5.17. The molecule has 4 aromatic rings. The van der Waals surface area contributed by atoms with E-state index in [1.165, 1.54) is 0 Å². The molecule has 1 aliphatic heterocycles. The lowest BCUT2D eigenvalue weighted by Gasteiger charge is -2.39. The zero-order valence-electron chi connectivity index (χ0n) is 20.2. The Morgan fingerprint density at radius 2 is 1.57 bits per heavy atom. The number of nitrogens with zero attached hydrogens (tertiary/aromatic N) is 3. The lowest BCUT2D eigenvalue weighted by Crippen LogP contribution is -2.47. The number of hydrogen-bond acceptors (Lipinski definition) is 2. The number of benzene rings is 3. The molecule has 184 valence electrons. The van der Waals surface area contributed by atoms with Gasteiger partial charge in [-0.15, -0.1) is 0 Å². The van der Waals surface area contributed by atoms with Gasteiger partial charge in [0.15, 0.2) is 0 Å². The van der Waals surface area contributed by atoms with Crippen LogP contribution < -0.4 is 4.90 Å². The lowest BCUT2D eigenvalue weighted by molar-refractivity contribution is -0.132. The SMILES string of the molecule is O=C(C=Cc1ccccc1)N(CC(=O)N1c2ccccc2-n2cccc2C1c1ccc(Cl)cc1)C1CC1. The van der Waals surface area contributed by atoms with Gasteiger partial charge in [-0.1, -0.05) is 66.2 Å². The van der Waals surface area contributed by atoms with Crippen molar-refractivity contribution in [1.82, 2.24) is 9.47 Å². The Hall–Kier alpha value is -4.09. The van der Waals surface area contributed by atoms with E-state index in [9.17, 15) is 9.59 Å². The van der Waals surface area contributed by atoms with Crippen molar-refractivity contribution in [3.05, 3.63) is 125 Å². The molecule has 37 heavy (non-hydrogen) atoms. The van der Waals surface area contributed by atoms with Crippen molar-refractivity contribution >= 4 is 35.2 Å². The van der Waals surface area contributed by atoms with Crippen LogP contribution in [0.25, 0.3) is 11.8 Å². The lowest BCUT2D eigenvalue weighted by atomic mass is 9.97. The molecule has 1 unspecified atom stereocenters. The van der Waals surface area contributed by atoms with Gasteiger partial charge in [-0.25, -0.2) is 0 Å². The van der Waals surface area contributed by atoms with Crippen molar-refractivity contribution < 1.29 is 9.59 Å². The third-order valence-corrected chi connectivity index (χ3v) is 7.22. The molecule has 2 heterocycles. The van der Waals surface area contributed by atoms with Crippen LogP contribution in [0.5, 0.6) is 0 Å². The summed E-state index contributed by atoms with van der Waals surface area (Å²) >= 11 is 6.19. The van der Waals surface area contributed by atoms with Crippen LogP contribution in [-0.4, -0.2) is 33.9 Å². The zero-order chi connectivity index (χ0) is 25.4. The van der Waals surface area contributed by atoms with E-state index in [2.05, 4.69) is 4.57 Å². The highest BCUT2D eigenvalue weighted by molar-refractivity contribution is 6.30. The number of anilines is 1. The van der Waals surface area contributed by atoms with Crippen molar-refractivity contribution in [2.45, 2.75) is 24.9 Å². The fraction of sp³-hybridized carbons (Fsp3) is 0.161. The molecule has 1 aliphatic carbocycles. The summed E-state index contributed by atoms with van der Waals surface area (Å²) in [6.45, 7) is 0.0156. The van der Waals surface area contributed by atoms with Gasteiger partial charge in [0.1, 0.15) is 12.6 Å². The summed E-state index contributed by atoms with van der Waals surface area (Å²) in [5, 5.41) is 0.643. The molecule has 0 spiro atoms. The molecule has 1 saturated carbocycles. The Morgan fingerprint density at radius 1 is 0.865 bits per heavy atom. The molecule has 5 nitrogen and oxygen atoms in total. The summed E-state index contributed by atoms with van der Waals surface area (Å²) in [7, 11) is 0. The van der Waals surface area contributed by atoms with Gasteiger partial charge in [0.25, 0.3) is 0 Å². The molecule has 1 fully saturated rings. The summed E-state index contributed by atoms with van der Waals surface area (Å²) in [6, 6.07) is 29.0. The second-order valence-electron chi connectivity index (χ2n) is 9.45. The molecule has 2 aliphatic rings. The molecule has 1 aromatic heterocycles. The zero-order valence-corrected chi connectivity index (χ0v) is 21.0. The number of aromatic nitrogens is 1. The van der Waals surface area contributed by atoms with Gasteiger partial charge in [0.05, 0.1) is 17.1 Å². The number of rotatable bonds is 6. The van der Waals surface area contributed by atoms with E-state index in [1.54, 1.807) is 11.0 Å². The summed E-state index contributed by atoms with van der Waals surface area (Å²) in [4.78, 5) is 31.0. The number of halogens is 1. The molecule has 2 amide bonds. The van der Waals surface area contributed by atoms with Crippen LogP contribution in [0.2, 0.25) is 5.02 Å². The average Bonchev–Trinajstić information content (AvgIpc) is 3.65. The van der Waals surface area contributed by atoms with Gasteiger partial charge in [0, 0.05) is 23.3 Å². The van der Waals surface area contributed by atoms with Crippen molar-refractivity contribution in [1.29, 1.82) is 0 Å². The van der Waals surface area contributed by atoms with Crippen LogP contribution >= 0.6 is 11.6 Å². The largest absolute Gasteiger partial charge is 0.327 e. The molecular weight excluding hydrogens is 482 g/mol. The Morgan fingerprint density at radius 3 is 2.30 bits per heavy atom. The molecule has 6 heteroatoms. The summed E-state index contributed by atoms with van der Waals surface area (Å²) < 4.78 is 2.13. The maximum atomic E-state index is 14.1. The number of carbonyl (C=O) groups is 2. The Balaban J connectivity index is 1.35. The van der Waals surface area contributed by atoms with Crippen LogP contribution in [0.1, 0.15) is 35.7 Å². The van der Waals surface area contributed by atoms with Crippen molar-refractivity contribution in [3.63, 3.8) is 0 Å². The number of amides is 2. The third kappa shape index (κ3) is 4.58. The average molecular weight is 508 g/mol. The smallest absolute Gasteiger partial charge is 0.247 e. The Labute approximate surface area is 221 Å². The van der Waals surface area contributed by atoms with Crippen molar-refractivity contribution in [2.75, 3.05) is 11.4 Å². The number of fused-ring (bicyclic) bond motifs is 3. The molecule has 6 rings (SSSR count). The minimum absolute atomic E-state index is 0.0156. The van der Waals surface area contributed by atoms with Crippen LogP contribution in [0.4, 0.5) is 5.69 Å². The van der Waals surface area contributed by atoms with E-state index in [-0.39, 0.29) is 30.4 Å². The molecule has 0 radical (unpaired) electrons. The van der Waals surface area contributed by atoms with Gasteiger partial charge < -0.3 is 9.47 Å². The third-order valence-electron chi connectivity index (χ3n) is 6.97. The first-order valence-corrected chi connectivity index (χ1v) is 12.9. The first-order chi connectivity index (χ1) is 18.1. The van der Waals surface area contributed by atoms with Crippen LogP contribution in [0, 0.1) is 0 Å². The highest BCUT2D eigenvalue weighted by Gasteiger charge is 2.39. The fourth-order valence-electron chi connectivity index (χ4n) is 5.04. The van der Waals surface area contributed by atoms with E-state index in [0.717, 1.165) is 41.0 Å². The number of para-hydroxylation sites is 2. The van der Waals surface area contributed by atoms with Crippen LogP contribution in [0.3, 0.4) is 0 Å². The molecule has 0 saturated heterocycles. The predicted octanol–water partition coefficient (Wildman–Crippen LogP) is 6.27.